The van der Waals surface area contributed by atoms with Crippen molar-refractivity contribution in [2.75, 3.05) is 0 Å². The van der Waals surface area contributed by atoms with Crippen molar-refractivity contribution >= 4 is 34.8 Å². The third kappa shape index (κ3) is 2.16. The van der Waals surface area contributed by atoms with Gasteiger partial charge in [0.05, 0.1) is 10.0 Å². The zero-order valence-corrected chi connectivity index (χ0v) is 10.7. The smallest absolute Gasteiger partial charge is 0.201 e. The van der Waals surface area contributed by atoms with E-state index in [-0.39, 0.29) is 15.6 Å². The number of halogens is 6. The van der Waals surface area contributed by atoms with Crippen LogP contribution in [-0.2, 0) is 0 Å². The predicted octanol–water partition coefficient (Wildman–Crippen LogP) is 5.13. The quantitative estimate of drug-likeness (QED) is 0.666. The van der Waals surface area contributed by atoms with Crippen LogP contribution in [0, 0.1) is 17.7 Å². The van der Waals surface area contributed by atoms with Crippen LogP contribution in [0.2, 0.25) is 15.1 Å². The lowest BCUT2D eigenvalue weighted by Crippen LogP contribution is -2.00. The molecule has 0 aliphatic rings. The van der Waals surface area contributed by atoms with Crippen LogP contribution in [0.3, 0.4) is 0 Å². The van der Waals surface area contributed by atoms with Crippen molar-refractivity contribution in [2.24, 2.45) is 0 Å². The van der Waals surface area contributed by atoms with Crippen LogP contribution < -0.4 is 0 Å². The lowest BCUT2D eigenvalue weighted by atomic mass is 10.1. The van der Waals surface area contributed by atoms with Gasteiger partial charge in [0.25, 0.3) is 5.95 Å². The highest BCUT2D eigenvalue weighted by Gasteiger charge is 2.22. The van der Waals surface area contributed by atoms with Gasteiger partial charge in [-0.2, -0.15) is 13.8 Å². The van der Waals surface area contributed by atoms with Gasteiger partial charge in [-0.05, 0) is 6.07 Å². The Balaban J connectivity index is 2.83. The Morgan fingerprint density at radius 1 is 0.889 bits per heavy atom. The lowest BCUT2D eigenvalue weighted by molar-refractivity contribution is 0.450. The number of pyridine rings is 1. The van der Waals surface area contributed by atoms with Crippen molar-refractivity contribution in [3.05, 3.63) is 51.0 Å². The second-order valence-corrected chi connectivity index (χ2v) is 4.46. The summed E-state index contributed by atoms with van der Waals surface area (Å²) in [6, 6.07) is 4.25. The fourth-order valence-corrected chi connectivity index (χ4v) is 2.04. The average molecular weight is 313 g/mol. The predicted molar refractivity (Wildman–Crippen MR) is 64.6 cm³/mol. The van der Waals surface area contributed by atoms with Crippen molar-refractivity contribution in [3.63, 3.8) is 0 Å². The molecule has 0 amide bonds. The van der Waals surface area contributed by atoms with Crippen molar-refractivity contribution < 1.29 is 13.2 Å². The maximum Gasteiger partial charge on any atom is 0.252 e. The number of hydrogen-bond donors (Lipinski definition) is 0. The molecule has 18 heavy (non-hydrogen) atoms. The van der Waals surface area contributed by atoms with E-state index in [0.29, 0.717) is 0 Å². The molecule has 1 nitrogen and oxygen atoms in total. The zero-order chi connectivity index (χ0) is 13.4. The van der Waals surface area contributed by atoms with Gasteiger partial charge in [-0.3, -0.25) is 0 Å². The van der Waals surface area contributed by atoms with Crippen LogP contribution in [0.1, 0.15) is 0 Å². The van der Waals surface area contributed by atoms with Gasteiger partial charge in [0.2, 0.25) is 5.95 Å². The first-order chi connectivity index (χ1) is 8.43. The summed E-state index contributed by atoms with van der Waals surface area (Å²) < 4.78 is 39.9. The molecule has 0 aliphatic carbocycles. The van der Waals surface area contributed by atoms with Gasteiger partial charge in [-0.25, -0.2) is 4.39 Å². The molecule has 0 N–H and O–H groups in total. The fourth-order valence-electron chi connectivity index (χ4n) is 1.42. The number of rotatable bonds is 1. The summed E-state index contributed by atoms with van der Waals surface area (Å²) in [6.45, 7) is 0. The summed E-state index contributed by atoms with van der Waals surface area (Å²) in [7, 11) is 0. The molecule has 0 unspecified atom stereocenters. The molecular formula is C11H3Cl3F3N. The Labute approximate surface area is 115 Å². The molecule has 0 spiro atoms. The number of nitrogens with zero attached hydrogens (tertiary/aromatic N) is 1. The second-order valence-electron chi connectivity index (χ2n) is 3.30. The molecule has 2 aromatic rings. The normalized spacial score (nSPS) is 10.8. The van der Waals surface area contributed by atoms with Gasteiger partial charge in [0.1, 0.15) is 5.02 Å². The molecule has 7 heteroatoms. The largest absolute Gasteiger partial charge is 0.252 e. The van der Waals surface area contributed by atoms with Gasteiger partial charge >= 0.3 is 0 Å². The van der Waals surface area contributed by atoms with E-state index in [9.17, 15) is 13.2 Å². The minimum absolute atomic E-state index is 0.00753. The van der Waals surface area contributed by atoms with Crippen LogP contribution in [0.25, 0.3) is 11.1 Å². The van der Waals surface area contributed by atoms with Crippen LogP contribution in [0.5, 0.6) is 0 Å². The van der Waals surface area contributed by atoms with Crippen LogP contribution >= 0.6 is 34.8 Å². The first-order valence-electron chi connectivity index (χ1n) is 4.58. The standard InChI is InChI=1S/C11H3Cl3F3N/c12-5-3-1-2-4(7(5)13)6-8(14)10(16)18-11(17)9(6)15/h1-3H. The minimum atomic E-state index is -1.59. The van der Waals surface area contributed by atoms with E-state index in [1.54, 1.807) is 0 Å². The number of benzene rings is 1. The maximum atomic E-state index is 13.6. The minimum Gasteiger partial charge on any atom is -0.201 e. The Hall–Kier alpha value is -0.970. The molecule has 0 aliphatic heterocycles. The molecule has 0 fully saturated rings. The molecule has 0 saturated carbocycles. The third-order valence-electron chi connectivity index (χ3n) is 2.22. The molecule has 1 heterocycles. The van der Waals surface area contributed by atoms with Gasteiger partial charge < -0.3 is 0 Å². The Kier molecular flexibility index (Phi) is 3.71. The highest BCUT2D eigenvalue weighted by Crippen LogP contribution is 2.39. The van der Waals surface area contributed by atoms with E-state index in [1.165, 1.54) is 18.2 Å². The average Bonchev–Trinajstić information content (AvgIpc) is 2.32. The topological polar surface area (TPSA) is 12.9 Å². The first-order valence-corrected chi connectivity index (χ1v) is 5.71. The summed E-state index contributed by atoms with van der Waals surface area (Å²) in [5, 5.41) is -0.592. The van der Waals surface area contributed by atoms with Crippen molar-refractivity contribution in [1.29, 1.82) is 0 Å². The fraction of sp³-hybridized carbons (Fsp3) is 0. The molecule has 2 rings (SSSR count). The van der Waals surface area contributed by atoms with E-state index in [4.69, 9.17) is 34.8 Å². The Bertz CT molecular complexity index is 605. The molecule has 0 atom stereocenters. The summed E-state index contributed by atoms with van der Waals surface area (Å²) in [5.41, 5.74) is -0.513. The Morgan fingerprint density at radius 2 is 1.56 bits per heavy atom. The highest BCUT2D eigenvalue weighted by molar-refractivity contribution is 6.44. The van der Waals surface area contributed by atoms with Crippen molar-refractivity contribution in [3.8, 4) is 11.1 Å². The van der Waals surface area contributed by atoms with Crippen LogP contribution in [0.15, 0.2) is 18.2 Å². The zero-order valence-electron chi connectivity index (χ0n) is 8.45. The summed E-state index contributed by atoms with van der Waals surface area (Å²) in [5.74, 6) is -4.30. The monoisotopic (exact) mass is 311 g/mol. The van der Waals surface area contributed by atoms with E-state index < -0.39 is 28.3 Å². The highest BCUT2D eigenvalue weighted by atomic mass is 35.5. The Morgan fingerprint density at radius 3 is 2.22 bits per heavy atom. The SMILES string of the molecule is Fc1nc(F)c(Cl)c(-c2cccc(Cl)c2Cl)c1F. The summed E-state index contributed by atoms with van der Waals surface area (Å²) in [4.78, 5) is 2.69. The van der Waals surface area contributed by atoms with Gasteiger partial charge in [-0.1, -0.05) is 46.9 Å². The molecule has 0 bridgehead atoms. The molecule has 1 aromatic heterocycles. The molecule has 94 valence electrons. The van der Waals surface area contributed by atoms with Crippen LogP contribution in [0.4, 0.5) is 13.2 Å². The molecular weight excluding hydrogens is 309 g/mol. The van der Waals surface area contributed by atoms with E-state index in [2.05, 4.69) is 4.98 Å². The number of aromatic nitrogens is 1. The third-order valence-corrected chi connectivity index (χ3v) is 3.38. The van der Waals surface area contributed by atoms with Gasteiger partial charge in [0.15, 0.2) is 5.82 Å². The maximum absolute atomic E-state index is 13.6. The molecule has 0 radical (unpaired) electrons. The molecule has 1 aromatic carbocycles. The molecule has 0 saturated heterocycles. The van der Waals surface area contributed by atoms with E-state index in [0.717, 1.165) is 0 Å². The van der Waals surface area contributed by atoms with E-state index >= 15 is 0 Å². The number of hydrogen-bond acceptors (Lipinski definition) is 1. The lowest BCUT2D eigenvalue weighted by Gasteiger charge is -2.09. The van der Waals surface area contributed by atoms with Crippen LogP contribution in [-0.4, -0.2) is 4.98 Å². The van der Waals surface area contributed by atoms with Crippen molar-refractivity contribution in [2.45, 2.75) is 0 Å². The van der Waals surface area contributed by atoms with Gasteiger partial charge in [0, 0.05) is 11.1 Å². The van der Waals surface area contributed by atoms with E-state index in [1.807, 2.05) is 0 Å². The summed E-state index contributed by atoms with van der Waals surface area (Å²) >= 11 is 17.2. The van der Waals surface area contributed by atoms with Crippen molar-refractivity contribution in [1.82, 2.24) is 4.98 Å². The first kappa shape index (κ1) is 13.5. The summed E-state index contributed by atoms with van der Waals surface area (Å²) in [6.07, 6.45) is 0. The van der Waals surface area contributed by atoms with Gasteiger partial charge in [-0.15, -0.1) is 0 Å². The second kappa shape index (κ2) is 4.96.